The fourth-order valence-electron chi connectivity index (χ4n) is 6.73. The molecule has 0 fully saturated rings. The van der Waals surface area contributed by atoms with Crippen molar-refractivity contribution in [2.24, 2.45) is 0 Å². The average molecular weight is 562 g/mol. The molecule has 0 N–H and O–H groups in total. The highest BCUT2D eigenvalue weighted by atomic mass is 15.1. The van der Waals surface area contributed by atoms with Gasteiger partial charge in [-0.25, -0.2) is 4.98 Å². The second kappa shape index (κ2) is 9.82. The lowest BCUT2D eigenvalue weighted by Gasteiger charge is -2.09. The molecule has 44 heavy (non-hydrogen) atoms. The lowest BCUT2D eigenvalue weighted by molar-refractivity contribution is 1.08. The highest BCUT2D eigenvalue weighted by Crippen LogP contribution is 2.38. The smallest absolute Gasteiger partial charge is 0.137 e. The Morgan fingerprint density at radius 3 is 1.45 bits per heavy atom. The van der Waals surface area contributed by atoms with Crippen LogP contribution in [0.4, 0.5) is 0 Å². The molecule has 0 aliphatic carbocycles. The van der Waals surface area contributed by atoms with Crippen LogP contribution in [0.25, 0.3) is 77.4 Å². The summed E-state index contributed by atoms with van der Waals surface area (Å²) >= 11 is 0. The normalized spacial score (nSPS) is 11.6. The number of benzene rings is 6. The maximum atomic E-state index is 4.93. The van der Waals surface area contributed by atoms with Gasteiger partial charge in [-0.05, 0) is 77.4 Å². The van der Waals surface area contributed by atoms with Gasteiger partial charge in [-0.1, -0.05) is 97.1 Å². The van der Waals surface area contributed by atoms with Crippen LogP contribution >= 0.6 is 0 Å². The van der Waals surface area contributed by atoms with Crippen LogP contribution in [-0.4, -0.2) is 14.1 Å². The van der Waals surface area contributed by atoms with Crippen molar-refractivity contribution in [3.05, 3.63) is 164 Å². The largest absolute Gasteiger partial charge is 0.309 e. The topological polar surface area (TPSA) is 22.8 Å². The van der Waals surface area contributed by atoms with E-state index < -0.39 is 0 Å². The molecule has 6 aromatic carbocycles. The molecular formula is C41H27N3. The Labute approximate surface area is 254 Å². The van der Waals surface area contributed by atoms with E-state index in [0.717, 1.165) is 22.4 Å². The Morgan fingerprint density at radius 2 is 0.841 bits per heavy atom. The molecule has 0 amide bonds. The zero-order chi connectivity index (χ0) is 29.0. The Balaban J connectivity index is 1.20. The molecule has 0 radical (unpaired) electrons. The Kier molecular flexibility index (Phi) is 5.50. The first kappa shape index (κ1) is 24.6. The van der Waals surface area contributed by atoms with Crippen LogP contribution in [0.15, 0.2) is 164 Å². The van der Waals surface area contributed by atoms with Gasteiger partial charge in [0, 0.05) is 39.0 Å². The molecule has 3 heteroatoms. The van der Waals surface area contributed by atoms with Crippen LogP contribution < -0.4 is 0 Å². The summed E-state index contributed by atoms with van der Waals surface area (Å²) < 4.78 is 4.64. The zero-order valence-electron chi connectivity index (χ0n) is 23.9. The van der Waals surface area contributed by atoms with Gasteiger partial charge in [0.25, 0.3) is 0 Å². The van der Waals surface area contributed by atoms with Gasteiger partial charge < -0.3 is 4.57 Å². The third kappa shape index (κ3) is 3.80. The van der Waals surface area contributed by atoms with Crippen LogP contribution in [0.2, 0.25) is 0 Å². The number of hydrogen-bond acceptors (Lipinski definition) is 1. The van der Waals surface area contributed by atoms with Gasteiger partial charge in [-0.3, -0.25) is 4.57 Å². The molecule has 9 rings (SSSR count). The second-order valence-corrected chi connectivity index (χ2v) is 11.3. The molecule has 0 bridgehead atoms. The third-order valence-corrected chi connectivity index (χ3v) is 8.78. The van der Waals surface area contributed by atoms with Gasteiger partial charge in [-0.2, -0.15) is 0 Å². The van der Waals surface area contributed by atoms with Crippen molar-refractivity contribution in [2.45, 2.75) is 0 Å². The Bertz CT molecular complexity index is 2470. The van der Waals surface area contributed by atoms with Crippen LogP contribution in [0, 0.1) is 0 Å². The molecule has 0 unspecified atom stereocenters. The van der Waals surface area contributed by atoms with Crippen molar-refractivity contribution in [3.63, 3.8) is 0 Å². The van der Waals surface area contributed by atoms with E-state index in [1.165, 1.54) is 55.0 Å². The maximum absolute atomic E-state index is 4.93. The quantitative estimate of drug-likeness (QED) is 0.210. The second-order valence-electron chi connectivity index (χ2n) is 11.3. The molecule has 3 aromatic heterocycles. The Hall–Kier alpha value is -5.93. The third-order valence-electron chi connectivity index (χ3n) is 8.78. The standard InChI is InChI=1S/C41H27N3/c1-3-11-28(12-4-1)31-21-24-41(42-27-31)44-38-18-10-8-16-34(38)36-26-30(20-23-40(36)44)29-19-22-39-35(25-29)33-15-7-9-17-37(33)43(39)32-13-5-2-6-14-32/h1-27H. The van der Waals surface area contributed by atoms with E-state index in [1.807, 2.05) is 12.3 Å². The number of rotatable bonds is 4. The minimum absolute atomic E-state index is 0.916. The molecule has 206 valence electrons. The average Bonchev–Trinajstić information content (AvgIpc) is 3.61. The first-order valence-corrected chi connectivity index (χ1v) is 15.0. The van der Waals surface area contributed by atoms with Crippen molar-refractivity contribution in [1.82, 2.24) is 14.1 Å². The highest BCUT2D eigenvalue weighted by molar-refractivity contribution is 6.12. The van der Waals surface area contributed by atoms with E-state index in [4.69, 9.17) is 4.98 Å². The molecule has 0 atom stereocenters. The van der Waals surface area contributed by atoms with Gasteiger partial charge >= 0.3 is 0 Å². The van der Waals surface area contributed by atoms with Gasteiger partial charge in [0.1, 0.15) is 5.82 Å². The summed E-state index contributed by atoms with van der Waals surface area (Å²) in [4.78, 5) is 4.93. The van der Waals surface area contributed by atoms with Crippen LogP contribution in [0.5, 0.6) is 0 Å². The molecule has 3 heterocycles. The molecule has 0 saturated heterocycles. The van der Waals surface area contributed by atoms with Crippen LogP contribution in [0.1, 0.15) is 0 Å². The van der Waals surface area contributed by atoms with Crippen molar-refractivity contribution in [2.75, 3.05) is 0 Å². The first-order valence-electron chi connectivity index (χ1n) is 15.0. The van der Waals surface area contributed by atoms with E-state index in [2.05, 4.69) is 161 Å². The van der Waals surface area contributed by atoms with Crippen molar-refractivity contribution in [3.8, 4) is 33.8 Å². The van der Waals surface area contributed by atoms with Gasteiger partial charge in [-0.15, -0.1) is 0 Å². The lowest BCUT2D eigenvalue weighted by atomic mass is 10.0. The molecule has 0 saturated carbocycles. The van der Waals surface area contributed by atoms with E-state index >= 15 is 0 Å². The first-order chi connectivity index (χ1) is 21.8. The predicted molar refractivity (Wildman–Crippen MR) is 184 cm³/mol. The van der Waals surface area contributed by atoms with E-state index in [-0.39, 0.29) is 0 Å². The van der Waals surface area contributed by atoms with Crippen LogP contribution in [-0.2, 0) is 0 Å². The predicted octanol–water partition coefficient (Wildman–Crippen LogP) is 10.6. The number of para-hydroxylation sites is 3. The number of pyridine rings is 1. The summed E-state index contributed by atoms with van der Waals surface area (Å²) in [5.74, 6) is 0.916. The number of hydrogen-bond donors (Lipinski definition) is 0. The number of fused-ring (bicyclic) bond motifs is 6. The zero-order valence-corrected chi connectivity index (χ0v) is 23.9. The summed E-state index contributed by atoms with van der Waals surface area (Å²) in [7, 11) is 0. The minimum Gasteiger partial charge on any atom is -0.309 e. The van der Waals surface area contributed by atoms with E-state index in [9.17, 15) is 0 Å². The van der Waals surface area contributed by atoms with Crippen molar-refractivity contribution < 1.29 is 0 Å². The molecule has 0 aliphatic rings. The summed E-state index contributed by atoms with van der Waals surface area (Å²) in [6.45, 7) is 0. The number of nitrogens with zero attached hydrogens (tertiary/aromatic N) is 3. The van der Waals surface area contributed by atoms with Gasteiger partial charge in [0.05, 0.1) is 22.1 Å². The fourth-order valence-corrected chi connectivity index (χ4v) is 6.73. The molecule has 9 aromatic rings. The summed E-state index contributed by atoms with van der Waals surface area (Å²) in [5.41, 5.74) is 10.6. The van der Waals surface area contributed by atoms with Crippen LogP contribution in [0.3, 0.4) is 0 Å². The summed E-state index contributed by atoms with van der Waals surface area (Å²) in [5, 5.41) is 4.96. The van der Waals surface area contributed by atoms with Crippen molar-refractivity contribution >= 4 is 43.6 Å². The minimum atomic E-state index is 0.916. The lowest BCUT2D eigenvalue weighted by Crippen LogP contribution is -1.97. The van der Waals surface area contributed by atoms with E-state index in [1.54, 1.807) is 0 Å². The summed E-state index contributed by atoms with van der Waals surface area (Å²) in [6, 6.07) is 56.3. The molecular weight excluding hydrogens is 534 g/mol. The molecule has 0 spiro atoms. The number of aromatic nitrogens is 3. The van der Waals surface area contributed by atoms with Crippen molar-refractivity contribution in [1.29, 1.82) is 0 Å². The maximum Gasteiger partial charge on any atom is 0.137 e. The van der Waals surface area contributed by atoms with Gasteiger partial charge in [0.2, 0.25) is 0 Å². The summed E-state index contributed by atoms with van der Waals surface area (Å²) in [6.07, 6.45) is 1.97. The Morgan fingerprint density at radius 1 is 0.341 bits per heavy atom. The molecule has 3 nitrogen and oxygen atoms in total. The highest BCUT2D eigenvalue weighted by Gasteiger charge is 2.16. The molecule has 0 aliphatic heterocycles. The SMILES string of the molecule is c1ccc(-c2ccc(-n3c4ccccc4c4cc(-c5ccc6c(c5)c5ccccc5n6-c5ccccc5)ccc43)nc2)cc1. The van der Waals surface area contributed by atoms with Gasteiger partial charge in [0.15, 0.2) is 0 Å². The van der Waals surface area contributed by atoms with E-state index in [0.29, 0.717) is 0 Å². The fraction of sp³-hybridized carbons (Fsp3) is 0. The monoisotopic (exact) mass is 561 g/mol.